The van der Waals surface area contributed by atoms with Crippen LogP contribution in [0.3, 0.4) is 0 Å². The first-order valence-electron chi connectivity index (χ1n) is 6.98. The van der Waals surface area contributed by atoms with Crippen LogP contribution >= 0.6 is 22.9 Å². The van der Waals surface area contributed by atoms with Gasteiger partial charge in [-0.05, 0) is 50.2 Å². The molecule has 0 aliphatic heterocycles. The van der Waals surface area contributed by atoms with E-state index in [1.807, 2.05) is 41.8 Å². The Morgan fingerprint density at radius 2 is 2.10 bits per heavy atom. The number of fused-ring (bicyclic) bond motifs is 1. The van der Waals surface area contributed by atoms with Gasteiger partial charge in [0.25, 0.3) is 0 Å². The number of hydrogen-bond acceptors (Lipinski definition) is 3. The minimum absolute atomic E-state index is 0.365. The maximum Gasteiger partial charge on any atom is 0.0737 e. The van der Waals surface area contributed by atoms with Gasteiger partial charge in [-0.3, -0.25) is 4.98 Å². The lowest BCUT2D eigenvalue weighted by atomic mass is 10.1. The number of aryl methyl sites for hydroxylation is 1. The lowest BCUT2D eigenvalue weighted by Gasteiger charge is -2.16. The van der Waals surface area contributed by atoms with Crippen LogP contribution in [-0.2, 0) is 6.42 Å². The van der Waals surface area contributed by atoms with Crippen LogP contribution in [0.15, 0.2) is 42.6 Å². The smallest absolute Gasteiger partial charge is 0.0737 e. The minimum Gasteiger partial charge on any atom is -0.382 e. The maximum absolute atomic E-state index is 6.03. The Morgan fingerprint density at radius 1 is 1.24 bits per heavy atom. The number of nitrogens with one attached hydrogen (secondary N) is 1. The molecule has 3 aromatic rings. The number of pyridine rings is 1. The van der Waals surface area contributed by atoms with Crippen molar-refractivity contribution in [3.8, 4) is 0 Å². The van der Waals surface area contributed by atoms with Crippen LogP contribution in [0.1, 0.15) is 16.7 Å². The Balaban J connectivity index is 1.81. The van der Waals surface area contributed by atoms with Gasteiger partial charge in [0.1, 0.15) is 0 Å². The number of anilines is 1. The molecule has 108 valence electrons. The molecule has 3 rings (SSSR count). The highest BCUT2D eigenvalue weighted by Gasteiger charge is 2.08. The van der Waals surface area contributed by atoms with Crippen molar-refractivity contribution in [3.63, 3.8) is 0 Å². The van der Waals surface area contributed by atoms with Gasteiger partial charge in [-0.25, -0.2) is 0 Å². The summed E-state index contributed by atoms with van der Waals surface area (Å²) < 4.78 is 0. The molecule has 0 aliphatic rings. The molecule has 2 nitrogen and oxygen atoms in total. The summed E-state index contributed by atoms with van der Waals surface area (Å²) in [4.78, 5) is 7.15. The van der Waals surface area contributed by atoms with E-state index in [4.69, 9.17) is 11.6 Å². The van der Waals surface area contributed by atoms with Crippen molar-refractivity contribution in [2.24, 2.45) is 0 Å². The SMILES string of the molecule is Cc1ccc(CC(C)Nc2ccnc3cc(Cl)ccc23)s1. The van der Waals surface area contributed by atoms with E-state index in [-0.39, 0.29) is 0 Å². The van der Waals surface area contributed by atoms with Gasteiger partial charge in [-0.15, -0.1) is 11.3 Å². The number of aromatic nitrogens is 1. The lowest BCUT2D eigenvalue weighted by molar-refractivity contribution is 0.802. The van der Waals surface area contributed by atoms with Crippen LogP contribution in [-0.4, -0.2) is 11.0 Å². The van der Waals surface area contributed by atoms with Crippen molar-refractivity contribution in [2.45, 2.75) is 26.3 Å². The van der Waals surface area contributed by atoms with E-state index in [1.54, 1.807) is 0 Å². The van der Waals surface area contributed by atoms with E-state index in [2.05, 4.69) is 36.3 Å². The Morgan fingerprint density at radius 3 is 2.86 bits per heavy atom. The lowest BCUT2D eigenvalue weighted by Crippen LogP contribution is -2.17. The largest absolute Gasteiger partial charge is 0.382 e. The molecule has 0 amide bonds. The third kappa shape index (κ3) is 3.36. The Bertz CT molecular complexity index is 766. The van der Waals surface area contributed by atoms with Gasteiger partial charge < -0.3 is 5.32 Å². The van der Waals surface area contributed by atoms with E-state index in [1.165, 1.54) is 9.75 Å². The number of nitrogens with zero attached hydrogens (tertiary/aromatic N) is 1. The van der Waals surface area contributed by atoms with Crippen LogP contribution in [0.25, 0.3) is 10.9 Å². The molecule has 21 heavy (non-hydrogen) atoms. The van der Waals surface area contributed by atoms with Crippen LogP contribution in [0, 0.1) is 6.92 Å². The molecule has 2 aromatic heterocycles. The Hall–Kier alpha value is -1.58. The molecule has 1 unspecified atom stereocenters. The van der Waals surface area contributed by atoms with Gasteiger partial charge in [0.2, 0.25) is 0 Å². The first kappa shape index (κ1) is 14.4. The molecule has 1 aromatic carbocycles. The van der Waals surface area contributed by atoms with Crippen LogP contribution in [0.4, 0.5) is 5.69 Å². The molecule has 1 N–H and O–H groups in total. The second kappa shape index (κ2) is 6.04. The summed E-state index contributed by atoms with van der Waals surface area (Å²) in [5.41, 5.74) is 2.03. The summed E-state index contributed by atoms with van der Waals surface area (Å²) in [6, 6.07) is 12.6. The molecule has 0 spiro atoms. The Labute approximate surface area is 133 Å². The minimum atomic E-state index is 0.365. The van der Waals surface area contributed by atoms with Crippen molar-refractivity contribution in [2.75, 3.05) is 5.32 Å². The number of hydrogen-bond donors (Lipinski definition) is 1. The first-order valence-corrected chi connectivity index (χ1v) is 8.17. The molecule has 0 fully saturated rings. The van der Waals surface area contributed by atoms with E-state index >= 15 is 0 Å². The molecular formula is C17H17ClN2S. The zero-order valence-electron chi connectivity index (χ0n) is 12.1. The summed E-state index contributed by atoms with van der Waals surface area (Å²) >= 11 is 7.89. The standard InChI is InChI=1S/C17H17ClN2S/c1-11(9-14-5-3-12(2)21-14)20-16-7-8-19-17-10-13(18)4-6-15(16)17/h3-8,10-11H,9H2,1-2H3,(H,19,20). The normalized spacial score (nSPS) is 12.5. The molecule has 0 saturated carbocycles. The molecule has 0 saturated heterocycles. The van der Waals surface area contributed by atoms with Crippen molar-refractivity contribution >= 4 is 39.5 Å². The fraction of sp³-hybridized carbons (Fsp3) is 0.235. The van der Waals surface area contributed by atoms with E-state index in [9.17, 15) is 0 Å². The fourth-order valence-corrected chi connectivity index (χ4v) is 3.65. The summed E-state index contributed by atoms with van der Waals surface area (Å²) in [6.45, 7) is 4.35. The van der Waals surface area contributed by atoms with E-state index in [0.717, 1.165) is 23.0 Å². The average molecular weight is 317 g/mol. The van der Waals surface area contributed by atoms with Crippen LogP contribution in [0.5, 0.6) is 0 Å². The summed E-state index contributed by atoms with van der Waals surface area (Å²) in [5, 5.41) is 5.41. The highest BCUT2D eigenvalue weighted by atomic mass is 35.5. The Kier molecular flexibility index (Phi) is 4.13. The molecule has 2 heterocycles. The summed E-state index contributed by atoms with van der Waals surface area (Å²) in [7, 11) is 0. The second-order valence-electron chi connectivity index (χ2n) is 5.28. The van der Waals surface area contributed by atoms with Crippen molar-refractivity contribution in [1.82, 2.24) is 4.98 Å². The molecule has 0 aliphatic carbocycles. The molecule has 0 radical (unpaired) electrons. The highest BCUT2D eigenvalue weighted by Crippen LogP contribution is 2.26. The summed E-state index contributed by atoms with van der Waals surface area (Å²) in [5.74, 6) is 0. The van der Waals surface area contributed by atoms with Crippen LogP contribution < -0.4 is 5.32 Å². The summed E-state index contributed by atoms with van der Waals surface area (Å²) in [6.07, 6.45) is 2.85. The van der Waals surface area contributed by atoms with Crippen molar-refractivity contribution in [1.29, 1.82) is 0 Å². The van der Waals surface area contributed by atoms with Gasteiger partial charge in [-0.2, -0.15) is 0 Å². The van der Waals surface area contributed by atoms with E-state index < -0.39 is 0 Å². The quantitative estimate of drug-likeness (QED) is 0.706. The zero-order valence-corrected chi connectivity index (χ0v) is 13.6. The highest BCUT2D eigenvalue weighted by molar-refractivity contribution is 7.11. The van der Waals surface area contributed by atoms with Gasteiger partial charge >= 0.3 is 0 Å². The second-order valence-corrected chi connectivity index (χ2v) is 7.09. The molecule has 1 atom stereocenters. The van der Waals surface area contributed by atoms with Crippen LogP contribution in [0.2, 0.25) is 5.02 Å². The maximum atomic E-state index is 6.03. The third-order valence-electron chi connectivity index (χ3n) is 3.41. The third-order valence-corrected chi connectivity index (χ3v) is 4.67. The van der Waals surface area contributed by atoms with Gasteiger partial charge in [0.05, 0.1) is 5.52 Å². The molecular weight excluding hydrogens is 300 g/mol. The predicted octanol–water partition coefficient (Wildman–Crippen LogP) is 5.30. The van der Waals surface area contributed by atoms with Gasteiger partial charge in [0, 0.05) is 44.5 Å². The predicted molar refractivity (Wildman–Crippen MR) is 92.6 cm³/mol. The number of halogens is 1. The fourth-order valence-electron chi connectivity index (χ4n) is 2.46. The van der Waals surface area contributed by atoms with Gasteiger partial charge in [0.15, 0.2) is 0 Å². The average Bonchev–Trinajstić information content (AvgIpc) is 2.83. The number of rotatable bonds is 4. The zero-order chi connectivity index (χ0) is 14.8. The van der Waals surface area contributed by atoms with Crippen molar-refractivity contribution in [3.05, 3.63) is 57.4 Å². The topological polar surface area (TPSA) is 24.9 Å². The monoisotopic (exact) mass is 316 g/mol. The number of thiophene rings is 1. The van der Waals surface area contributed by atoms with Crippen molar-refractivity contribution < 1.29 is 0 Å². The number of benzene rings is 1. The molecule has 0 bridgehead atoms. The van der Waals surface area contributed by atoms with E-state index in [0.29, 0.717) is 11.1 Å². The van der Waals surface area contributed by atoms with Gasteiger partial charge in [-0.1, -0.05) is 11.6 Å². The molecule has 4 heteroatoms. The first-order chi connectivity index (χ1) is 10.1.